The summed E-state index contributed by atoms with van der Waals surface area (Å²) in [5.74, 6) is -0.864. The number of carboxylic acids is 1. The molecule has 0 saturated heterocycles. The molecular formula is C20H30N2O2. The van der Waals surface area contributed by atoms with Crippen molar-refractivity contribution in [2.75, 3.05) is 6.54 Å². The summed E-state index contributed by atoms with van der Waals surface area (Å²) in [4.78, 5) is 11.6. The van der Waals surface area contributed by atoms with Crippen molar-refractivity contribution in [1.82, 2.24) is 4.57 Å². The fourth-order valence-electron chi connectivity index (χ4n) is 3.47. The lowest BCUT2D eigenvalue weighted by molar-refractivity contribution is 0.0697. The predicted molar refractivity (Wildman–Crippen MR) is 100 cm³/mol. The Morgan fingerprint density at radius 1 is 1.29 bits per heavy atom. The average Bonchev–Trinajstić information content (AvgIpc) is 2.76. The smallest absolute Gasteiger partial charge is 0.335 e. The van der Waals surface area contributed by atoms with E-state index >= 15 is 0 Å². The number of fused-ring (bicyclic) bond motifs is 1. The van der Waals surface area contributed by atoms with Gasteiger partial charge in [-0.05, 0) is 55.0 Å². The maximum absolute atomic E-state index is 11.6. The molecule has 1 aromatic heterocycles. The van der Waals surface area contributed by atoms with E-state index in [2.05, 4.69) is 39.2 Å². The number of aromatic nitrogens is 1. The van der Waals surface area contributed by atoms with Gasteiger partial charge >= 0.3 is 5.97 Å². The van der Waals surface area contributed by atoms with Gasteiger partial charge in [0.2, 0.25) is 0 Å². The molecular weight excluding hydrogens is 300 g/mol. The lowest BCUT2D eigenvalue weighted by atomic mass is 9.84. The van der Waals surface area contributed by atoms with Crippen LogP contribution in [0.3, 0.4) is 0 Å². The molecule has 0 aliphatic carbocycles. The monoisotopic (exact) mass is 330 g/mol. The van der Waals surface area contributed by atoms with Crippen LogP contribution in [0.15, 0.2) is 12.1 Å². The second-order valence-electron chi connectivity index (χ2n) is 7.58. The summed E-state index contributed by atoms with van der Waals surface area (Å²) in [6.45, 7) is 12.3. The van der Waals surface area contributed by atoms with E-state index in [1.54, 1.807) is 0 Å². The number of benzene rings is 1. The average molecular weight is 330 g/mol. The van der Waals surface area contributed by atoms with E-state index in [0.717, 1.165) is 36.8 Å². The Labute approximate surface area is 144 Å². The molecule has 0 aliphatic rings. The Kier molecular flexibility index (Phi) is 5.38. The standard InChI is InChI=1S/C20H30N2O2/c1-6-8-15-13(2)22(10-7-9-21)18-16(15)11-14(19(23)24)12-17(18)20(3,4)5/h11-12H,6-10,21H2,1-5H3,(H,23,24). The molecule has 1 aromatic carbocycles. The van der Waals surface area contributed by atoms with Crippen LogP contribution >= 0.6 is 0 Å². The highest BCUT2D eigenvalue weighted by molar-refractivity contribution is 5.97. The molecule has 3 N–H and O–H groups in total. The highest BCUT2D eigenvalue weighted by Gasteiger charge is 2.25. The zero-order valence-electron chi connectivity index (χ0n) is 15.6. The van der Waals surface area contributed by atoms with Crippen molar-refractivity contribution >= 4 is 16.9 Å². The minimum Gasteiger partial charge on any atom is -0.478 e. The van der Waals surface area contributed by atoms with Crippen molar-refractivity contribution in [3.63, 3.8) is 0 Å². The number of hydrogen-bond donors (Lipinski definition) is 2. The Balaban J connectivity index is 2.90. The molecule has 1 heterocycles. The summed E-state index contributed by atoms with van der Waals surface area (Å²) < 4.78 is 2.35. The van der Waals surface area contributed by atoms with Crippen LogP contribution in [0.4, 0.5) is 0 Å². The predicted octanol–water partition coefficient (Wildman–Crippen LogP) is 4.25. The molecule has 0 amide bonds. The highest BCUT2D eigenvalue weighted by Crippen LogP contribution is 2.36. The number of carbonyl (C=O) groups is 1. The molecule has 0 atom stereocenters. The number of carboxylic acid groups (broad SMARTS) is 1. The molecule has 4 heteroatoms. The third-order valence-electron chi connectivity index (χ3n) is 4.69. The van der Waals surface area contributed by atoms with Crippen LogP contribution in [0.1, 0.15) is 67.7 Å². The number of aryl methyl sites for hydroxylation is 2. The first kappa shape index (κ1) is 18.5. The maximum atomic E-state index is 11.6. The molecule has 2 aromatic rings. The summed E-state index contributed by atoms with van der Waals surface area (Å²) in [5.41, 5.74) is 10.8. The molecule has 0 bridgehead atoms. The van der Waals surface area contributed by atoms with Crippen LogP contribution in [-0.2, 0) is 18.4 Å². The summed E-state index contributed by atoms with van der Waals surface area (Å²) in [7, 11) is 0. The first-order chi connectivity index (χ1) is 11.2. The van der Waals surface area contributed by atoms with Crippen LogP contribution in [-0.4, -0.2) is 22.2 Å². The molecule has 0 unspecified atom stereocenters. The molecule has 0 spiro atoms. The summed E-state index contributed by atoms with van der Waals surface area (Å²) >= 11 is 0. The van der Waals surface area contributed by atoms with Crippen LogP contribution in [0.25, 0.3) is 10.9 Å². The van der Waals surface area contributed by atoms with Crippen LogP contribution in [0.5, 0.6) is 0 Å². The third kappa shape index (κ3) is 3.34. The number of rotatable bonds is 6. The molecule has 4 nitrogen and oxygen atoms in total. The molecule has 132 valence electrons. The van der Waals surface area contributed by atoms with E-state index in [1.807, 2.05) is 12.1 Å². The largest absolute Gasteiger partial charge is 0.478 e. The van der Waals surface area contributed by atoms with Gasteiger partial charge in [0, 0.05) is 17.6 Å². The van der Waals surface area contributed by atoms with Gasteiger partial charge in [-0.2, -0.15) is 0 Å². The van der Waals surface area contributed by atoms with Gasteiger partial charge in [-0.1, -0.05) is 34.1 Å². The van der Waals surface area contributed by atoms with Crippen molar-refractivity contribution in [3.8, 4) is 0 Å². The van der Waals surface area contributed by atoms with Crippen LogP contribution in [0.2, 0.25) is 0 Å². The normalized spacial score (nSPS) is 12.1. The van der Waals surface area contributed by atoms with Crippen molar-refractivity contribution in [2.45, 2.75) is 65.8 Å². The van der Waals surface area contributed by atoms with Gasteiger partial charge in [0.15, 0.2) is 0 Å². The van der Waals surface area contributed by atoms with Gasteiger partial charge in [0.1, 0.15) is 0 Å². The molecule has 24 heavy (non-hydrogen) atoms. The van der Waals surface area contributed by atoms with Gasteiger partial charge in [-0.3, -0.25) is 0 Å². The third-order valence-corrected chi connectivity index (χ3v) is 4.69. The van der Waals surface area contributed by atoms with Crippen molar-refractivity contribution < 1.29 is 9.90 Å². The Hall–Kier alpha value is -1.81. The maximum Gasteiger partial charge on any atom is 0.335 e. The second kappa shape index (κ2) is 6.98. The Morgan fingerprint density at radius 3 is 2.46 bits per heavy atom. The zero-order valence-corrected chi connectivity index (χ0v) is 15.6. The molecule has 0 saturated carbocycles. The number of aromatic carboxylic acids is 1. The molecule has 0 fully saturated rings. The van der Waals surface area contributed by atoms with E-state index in [0.29, 0.717) is 12.1 Å². The Bertz CT molecular complexity index is 751. The van der Waals surface area contributed by atoms with Gasteiger partial charge in [0.25, 0.3) is 0 Å². The summed E-state index contributed by atoms with van der Waals surface area (Å²) in [6, 6.07) is 3.70. The van der Waals surface area contributed by atoms with E-state index < -0.39 is 5.97 Å². The van der Waals surface area contributed by atoms with E-state index in [-0.39, 0.29) is 5.41 Å². The first-order valence-electron chi connectivity index (χ1n) is 8.81. The lowest BCUT2D eigenvalue weighted by Crippen LogP contribution is -2.16. The molecule has 0 aliphatic heterocycles. The fraction of sp³-hybridized carbons (Fsp3) is 0.550. The SMILES string of the molecule is CCCc1c(C)n(CCCN)c2c(C(C)(C)C)cc(C(=O)O)cc12. The van der Waals surface area contributed by atoms with Gasteiger partial charge in [-0.25, -0.2) is 4.79 Å². The lowest BCUT2D eigenvalue weighted by Gasteiger charge is -2.23. The molecule has 0 radical (unpaired) electrons. The number of hydrogen-bond acceptors (Lipinski definition) is 2. The van der Waals surface area contributed by atoms with Crippen molar-refractivity contribution in [1.29, 1.82) is 0 Å². The van der Waals surface area contributed by atoms with Crippen molar-refractivity contribution in [2.24, 2.45) is 5.73 Å². The van der Waals surface area contributed by atoms with Crippen molar-refractivity contribution in [3.05, 3.63) is 34.5 Å². The number of nitrogens with zero attached hydrogens (tertiary/aromatic N) is 1. The van der Waals surface area contributed by atoms with Gasteiger partial charge in [0.05, 0.1) is 11.1 Å². The van der Waals surface area contributed by atoms with Crippen LogP contribution < -0.4 is 5.73 Å². The highest BCUT2D eigenvalue weighted by atomic mass is 16.4. The van der Waals surface area contributed by atoms with E-state index in [4.69, 9.17) is 5.73 Å². The fourth-order valence-corrected chi connectivity index (χ4v) is 3.47. The quantitative estimate of drug-likeness (QED) is 0.832. The minimum atomic E-state index is -0.864. The Morgan fingerprint density at radius 2 is 1.96 bits per heavy atom. The first-order valence-corrected chi connectivity index (χ1v) is 8.81. The minimum absolute atomic E-state index is 0.127. The van der Waals surface area contributed by atoms with Gasteiger partial charge in [-0.15, -0.1) is 0 Å². The van der Waals surface area contributed by atoms with E-state index in [9.17, 15) is 9.90 Å². The zero-order chi connectivity index (χ0) is 18.1. The topological polar surface area (TPSA) is 68.2 Å². The van der Waals surface area contributed by atoms with Gasteiger partial charge < -0.3 is 15.4 Å². The second-order valence-corrected chi connectivity index (χ2v) is 7.58. The molecule has 2 rings (SSSR count). The summed E-state index contributed by atoms with van der Waals surface area (Å²) in [5, 5.41) is 10.6. The van der Waals surface area contributed by atoms with Crippen LogP contribution in [0, 0.1) is 6.92 Å². The summed E-state index contributed by atoms with van der Waals surface area (Å²) in [6.07, 6.45) is 2.92. The van der Waals surface area contributed by atoms with E-state index in [1.165, 1.54) is 16.8 Å². The number of nitrogens with two attached hydrogens (primary N) is 1.